The molecule has 11 heavy (non-hydrogen) atoms. The summed E-state index contributed by atoms with van der Waals surface area (Å²) < 4.78 is 0.930. The number of hydrogen-bond acceptors (Lipinski definition) is 2. The molecule has 1 N–H and O–H groups in total. The van der Waals surface area contributed by atoms with Crippen molar-refractivity contribution >= 4 is 45.2 Å². The van der Waals surface area contributed by atoms with Gasteiger partial charge in [0, 0.05) is 10.7 Å². The zero-order chi connectivity index (χ0) is 7.84. The van der Waals surface area contributed by atoms with Crippen LogP contribution in [-0.2, 0) is 0 Å². The first-order valence-electron chi connectivity index (χ1n) is 3.05. The van der Waals surface area contributed by atoms with Crippen molar-refractivity contribution in [1.82, 2.24) is 5.32 Å². The Morgan fingerprint density at radius 1 is 1.64 bits per heavy atom. The van der Waals surface area contributed by atoms with Crippen molar-refractivity contribution in [2.24, 2.45) is 9.98 Å². The van der Waals surface area contributed by atoms with Crippen LogP contribution in [0.25, 0.3) is 0 Å². The number of aliphatic imine (C=N–C) groups is 2. The zero-order valence-corrected chi connectivity index (χ0v) is 7.82. The smallest absolute Gasteiger partial charge is 0.195 e. The van der Waals surface area contributed by atoms with Crippen LogP contribution in [0.4, 0.5) is 0 Å². The van der Waals surface area contributed by atoms with E-state index in [0.29, 0.717) is 5.11 Å². The molecule has 0 aromatic carbocycles. The Labute approximate surface area is 77.4 Å². The molecule has 2 rings (SSSR count). The third-order valence-corrected chi connectivity index (χ3v) is 2.05. The van der Waals surface area contributed by atoms with Gasteiger partial charge in [0.05, 0.1) is 5.71 Å². The maximum absolute atomic E-state index is 4.86. The van der Waals surface area contributed by atoms with Gasteiger partial charge in [-0.3, -0.25) is 4.99 Å². The molecule has 0 aromatic rings. The summed E-state index contributed by atoms with van der Waals surface area (Å²) in [4.78, 5) is 8.23. The molecule has 56 valence electrons. The minimum Gasteiger partial charge on any atom is -0.334 e. The van der Waals surface area contributed by atoms with E-state index >= 15 is 0 Å². The van der Waals surface area contributed by atoms with Crippen LogP contribution in [0.15, 0.2) is 20.5 Å². The van der Waals surface area contributed by atoms with Gasteiger partial charge in [-0.25, -0.2) is 4.99 Å². The highest BCUT2D eigenvalue weighted by Crippen LogP contribution is 2.13. The summed E-state index contributed by atoms with van der Waals surface area (Å²) in [7, 11) is 0. The molecule has 0 aliphatic carbocycles. The Hall–Kier alpha value is -0.550. The first-order valence-corrected chi connectivity index (χ1v) is 4.25. The molecule has 0 saturated heterocycles. The maximum Gasteiger partial charge on any atom is 0.195 e. The molecule has 0 amide bonds. The zero-order valence-electron chi connectivity index (χ0n) is 5.41. The number of nitrogens with zero attached hydrogens (tertiary/aromatic N) is 2. The second-order valence-electron chi connectivity index (χ2n) is 2.20. The maximum atomic E-state index is 4.86. The second kappa shape index (κ2) is 2.49. The molecule has 0 fully saturated rings. The number of allylic oxidation sites excluding steroid dienone is 1. The minimum atomic E-state index is -0.0520. The van der Waals surface area contributed by atoms with Gasteiger partial charge in [0.2, 0.25) is 0 Å². The van der Waals surface area contributed by atoms with Crippen LogP contribution < -0.4 is 5.32 Å². The summed E-state index contributed by atoms with van der Waals surface area (Å²) in [6, 6.07) is 0. The number of rotatable bonds is 0. The van der Waals surface area contributed by atoms with Crippen LogP contribution in [0.2, 0.25) is 0 Å². The normalized spacial score (nSPS) is 27.4. The van der Waals surface area contributed by atoms with E-state index in [4.69, 9.17) is 12.2 Å². The SMILES string of the molecule is S=C1N=C2C=C(Br)C=NC2N1. The summed E-state index contributed by atoms with van der Waals surface area (Å²) in [5.41, 5.74) is 0.879. The lowest BCUT2D eigenvalue weighted by atomic mass is 10.2. The van der Waals surface area contributed by atoms with E-state index in [1.807, 2.05) is 6.08 Å². The van der Waals surface area contributed by atoms with Crippen molar-refractivity contribution in [1.29, 1.82) is 0 Å². The molecule has 0 spiro atoms. The van der Waals surface area contributed by atoms with E-state index in [0.717, 1.165) is 10.2 Å². The number of fused-ring (bicyclic) bond motifs is 1. The van der Waals surface area contributed by atoms with Crippen molar-refractivity contribution in [3.63, 3.8) is 0 Å². The van der Waals surface area contributed by atoms with Gasteiger partial charge in [-0.2, -0.15) is 0 Å². The second-order valence-corrected chi connectivity index (χ2v) is 3.50. The van der Waals surface area contributed by atoms with Gasteiger partial charge in [-0.05, 0) is 34.2 Å². The van der Waals surface area contributed by atoms with E-state index in [1.165, 1.54) is 0 Å². The molecule has 2 aliphatic heterocycles. The summed E-state index contributed by atoms with van der Waals surface area (Å²) in [6.07, 6.45) is 3.60. The minimum absolute atomic E-state index is 0.0520. The van der Waals surface area contributed by atoms with Gasteiger partial charge in [0.15, 0.2) is 11.3 Å². The van der Waals surface area contributed by atoms with Crippen molar-refractivity contribution in [3.8, 4) is 0 Å². The third-order valence-electron chi connectivity index (χ3n) is 1.40. The standard InChI is InChI=1S/C6H4BrN3S/c7-3-1-4-5(8-2-3)10-6(11)9-4/h1-2,5H,(H,10,11). The average molecular weight is 230 g/mol. The Morgan fingerprint density at radius 3 is 3.27 bits per heavy atom. The average Bonchev–Trinajstić information content (AvgIpc) is 2.27. The number of thiocarbonyl (C=S) groups is 1. The van der Waals surface area contributed by atoms with Crippen molar-refractivity contribution in [3.05, 3.63) is 10.6 Å². The van der Waals surface area contributed by atoms with Crippen LogP contribution in [0, 0.1) is 0 Å². The van der Waals surface area contributed by atoms with Crippen LogP contribution in [-0.4, -0.2) is 23.2 Å². The van der Waals surface area contributed by atoms with Crippen molar-refractivity contribution in [2.45, 2.75) is 6.17 Å². The molecule has 1 unspecified atom stereocenters. The van der Waals surface area contributed by atoms with Gasteiger partial charge in [-0.15, -0.1) is 0 Å². The highest BCUT2D eigenvalue weighted by Gasteiger charge is 2.22. The Bertz CT molecular complexity index is 302. The predicted molar refractivity (Wildman–Crippen MR) is 52.5 cm³/mol. The van der Waals surface area contributed by atoms with Crippen LogP contribution in [0.3, 0.4) is 0 Å². The molecule has 0 radical (unpaired) electrons. The first-order chi connectivity index (χ1) is 5.25. The molecule has 2 heterocycles. The van der Waals surface area contributed by atoms with Gasteiger partial charge in [-0.1, -0.05) is 0 Å². The number of halogens is 1. The molecule has 2 aliphatic rings. The summed E-state index contributed by atoms with van der Waals surface area (Å²) in [5.74, 6) is 0. The molecule has 5 heteroatoms. The summed E-state index contributed by atoms with van der Waals surface area (Å²) in [5, 5.41) is 3.46. The number of hydrogen-bond donors (Lipinski definition) is 1. The Morgan fingerprint density at radius 2 is 2.45 bits per heavy atom. The van der Waals surface area contributed by atoms with Crippen LogP contribution in [0.5, 0.6) is 0 Å². The summed E-state index contributed by atoms with van der Waals surface area (Å²) >= 11 is 8.16. The number of nitrogens with one attached hydrogen (secondary N) is 1. The highest BCUT2D eigenvalue weighted by atomic mass is 79.9. The molecule has 0 bridgehead atoms. The lowest BCUT2D eigenvalue weighted by molar-refractivity contribution is 0.845. The predicted octanol–water partition coefficient (Wildman–Crippen LogP) is 1.00. The topological polar surface area (TPSA) is 36.8 Å². The van der Waals surface area contributed by atoms with E-state index in [-0.39, 0.29) is 6.17 Å². The van der Waals surface area contributed by atoms with E-state index in [1.54, 1.807) is 6.21 Å². The first kappa shape index (κ1) is 7.12. The molecular formula is C6H4BrN3S. The van der Waals surface area contributed by atoms with Crippen LogP contribution in [0.1, 0.15) is 0 Å². The van der Waals surface area contributed by atoms with Crippen molar-refractivity contribution in [2.75, 3.05) is 0 Å². The highest BCUT2D eigenvalue weighted by molar-refractivity contribution is 9.12. The fourth-order valence-corrected chi connectivity index (χ4v) is 1.52. The Kier molecular flexibility index (Phi) is 1.61. The van der Waals surface area contributed by atoms with Crippen molar-refractivity contribution < 1.29 is 0 Å². The fraction of sp³-hybridized carbons (Fsp3) is 0.167. The lowest BCUT2D eigenvalue weighted by Gasteiger charge is -2.08. The third kappa shape index (κ3) is 1.25. The summed E-state index contributed by atoms with van der Waals surface area (Å²) in [6.45, 7) is 0. The molecule has 1 atom stereocenters. The van der Waals surface area contributed by atoms with Crippen LogP contribution >= 0.6 is 28.1 Å². The van der Waals surface area contributed by atoms with E-state index < -0.39 is 0 Å². The largest absolute Gasteiger partial charge is 0.334 e. The van der Waals surface area contributed by atoms with Gasteiger partial charge >= 0.3 is 0 Å². The molecule has 3 nitrogen and oxygen atoms in total. The van der Waals surface area contributed by atoms with Gasteiger partial charge in [0.25, 0.3) is 0 Å². The quantitative estimate of drug-likeness (QED) is 0.630. The fourth-order valence-electron chi connectivity index (χ4n) is 0.951. The lowest BCUT2D eigenvalue weighted by Crippen LogP contribution is -2.30. The molecule has 0 saturated carbocycles. The van der Waals surface area contributed by atoms with Gasteiger partial charge < -0.3 is 5.32 Å². The molecule has 0 aromatic heterocycles. The van der Waals surface area contributed by atoms with E-state index in [2.05, 4.69) is 31.2 Å². The number of dihydropyridines is 1. The monoisotopic (exact) mass is 229 g/mol. The van der Waals surface area contributed by atoms with Gasteiger partial charge in [0.1, 0.15) is 0 Å². The Balaban J connectivity index is 2.38. The molecular weight excluding hydrogens is 226 g/mol. The van der Waals surface area contributed by atoms with E-state index in [9.17, 15) is 0 Å².